The number of aryl methyl sites for hydroxylation is 1. The third kappa shape index (κ3) is 6.52. The molecule has 0 spiro atoms. The Morgan fingerprint density at radius 1 is 0.947 bits per heavy atom. The molecule has 1 atom stereocenters. The third-order valence-electron chi connectivity index (χ3n) is 6.37. The second-order valence-electron chi connectivity index (χ2n) is 8.72. The molecule has 0 unspecified atom stereocenters. The van der Waals surface area contributed by atoms with Crippen LogP contribution < -0.4 is 14.4 Å². The first kappa shape index (κ1) is 28.7. The number of likely N-dealkylation sites (N-methyl/N-ethyl adjacent to an activating group) is 1. The van der Waals surface area contributed by atoms with Crippen molar-refractivity contribution in [3.8, 4) is 5.75 Å². The van der Waals surface area contributed by atoms with Gasteiger partial charge in [0.2, 0.25) is 11.8 Å². The molecule has 0 aliphatic rings. The van der Waals surface area contributed by atoms with Gasteiger partial charge in [-0.15, -0.1) is 0 Å². The minimum atomic E-state index is -4.09. The van der Waals surface area contributed by atoms with Gasteiger partial charge in [0.05, 0.1) is 17.7 Å². The van der Waals surface area contributed by atoms with Crippen molar-refractivity contribution in [3.63, 3.8) is 0 Å². The highest BCUT2D eigenvalue weighted by Crippen LogP contribution is 2.28. The number of para-hydroxylation sites is 1. The number of carbonyl (C=O) groups is 2. The zero-order valence-electron chi connectivity index (χ0n) is 22.3. The van der Waals surface area contributed by atoms with Crippen LogP contribution in [0.1, 0.15) is 31.4 Å². The molecule has 1 N–H and O–H groups in total. The molecule has 0 saturated heterocycles. The van der Waals surface area contributed by atoms with Crippen molar-refractivity contribution in [2.45, 2.75) is 44.2 Å². The van der Waals surface area contributed by atoms with Crippen molar-refractivity contribution in [2.24, 2.45) is 0 Å². The largest absolute Gasteiger partial charge is 0.497 e. The molecule has 0 aliphatic heterocycles. The van der Waals surface area contributed by atoms with E-state index in [0.29, 0.717) is 24.3 Å². The molecule has 3 rings (SSSR count). The van der Waals surface area contributed by atoms with E-state index in [4.69, 9.17) is 4.74 Å². The highest BCUT2D eigenvalue weighted by atomic mass is 32.2. The van der Waals surface area contributed by atoms with E-state index in [1.807, 2.05) is 32.0 Å². The third-order valence-corrected chi connectivity index (χ3v) is 8.14. The number of rotatable bonds is 12. The molecule has 0 fully saturated rings. The molecule has 0 saturated carbocycles. The Labute approximate surface area is 225 Å². The second kappa shape index (κ2) is 13.1. The molecule has 2 amide bonds. The lowest BCUT2D eigenvalue weighted by molar-refractivity contribution is -0.140. The van der Waals surface area contributed by atoms with Crippen LogP contribution in [0.2, 0.25) is 0 Å². The average Bonchev–Trinajstić information content (AvgIpc) is 2.95. The van der Waals surface area contributed by atoms with Crippen LogP contribution in [0.5, 0.6) is 5.75 Å². The van der Waals surface area contributed by atoms with Crippen LogP contribution >= 0.6 is 0 Å². The fourth-order valence-corrected chi connectivity index (χ4v) is 5.81. The molecular weight excluding hydrogens is 502 g/mol. The first-order valence-corrected chi connectivity index (χ1v) is 14.0. The van der Waals surface area contributed by atoms with Gasteiger partial charge in [-0.1, -0.05) is 62.4 Å². The standard InChI is InChI=1S/C29H35N3O5S/c1-5-23-14-10-11-18-27(23)32(38(35,36)25-16-8-7-9-17-25)21-28(33)31(26(6-2)29(34)30-3)20-22-13-12-15-24(19-22)37-4/h7-19,26H,5-6,20-21H2,1-4H3,(H,30,34)/t26-/m1/s1. The molecule has 0 bridgehead atoms. The van der Waals surface area contributed by atoms with Gasteiger partial charge in [0, 0.05) is 13.6 Å². The minimum Gasteiger partial charge on any atom is -0.497 e. The van der Waals surface area contributed by atoms with E-state index in [1.165, 1.54) is 24.1 Å². The quantitative estimate of drug-likeness (QED) is 0.377. The maximum atomic E-state index is 14.0. The number of hydrogen-bond donors (Lipinski definition) is 1. The number of ether oxygens (including phenoxy) is 1. The van der Waals surface area contributed by atoms with Gasteiger partial charge in [0.25, 0.3) is 10.0 Å². The Kier molecular flexibility index (Phi) is 9.90. The molecule has 3 aromatic rings. The monoisotopic (exact) mass is 537 g/mol. The SMILES string of the molecule is CCc1ccccc1N(CC(=O)N(Cc1cccc(OC)c1)[C@H](CC)C(=O)NC)S(=O)(=O)c1ccccc1. The maximum Gasteiger partial charge on any atom is 0.264 e. The highest BCUT2D eigenvalue weighted by molar-refractivity contribution is 7.92. The van der Waals surface area contributed by atoms with E-state index >= 15 is 0 Å². The van der Waals surface area contributed by atoms with E-state index < -0.39 is 28.5 Å². The van der Waals surface area contributed by atoms with Gasteiger partial charge in [-0.05, 0) is 54.3 Å². The molecular formula is C29H35N3O5S. The molecule has 0 heterocycles. The summed E-state index contributed by atoms with van der Waals surface area (Å²) < 4.78 is 34.3. The predicted octanol–water partition coefficient (Wildman–Crippen LogP) is 4.01. The van der Waals surface area contributed by atoms with Gasteiger partial charge in [0.1, 0.15) is 18.3 Å². The lowest BCUT2D eigenvalue weighted by atomic mass is 10.1. The fourth-order valence-electron chi connectivity index (χ4n) is 4.34. The Morgan fingerprint density at radius 2 is 1.63 bits per heavy atom. The lowest BCUT2D eigenvalue weighted by Crippen LogP contribution is -2.51. The number of carbonyl (C=O) groups excluding carboxylic acids is 2. The smallest absolute Gasteiger partial charge is 0.264 e. The number of sulfonamides is 1. The summed E-state index contributed by atoms with van der Waals surface area (Å²) in [5.74, 6) is -0.197. The topological polar surface area (TPSA) is 96.0 Å². The van der Waals surface area contributed by atoms with E-state index in [2.05, 4.69) is 5.32 Å². The summed E-state index contributed by atoms with van der Waals surface area (Å²) >= 11 is 0. The van der Waals surface area contributed by atoms with Crippen LogP contribution in [0.3, 0.4) is 0 Å². The predicted molar refractivity (Wildman–Crippen MR) is 148 cm³/mol. The van der Waals surface area contributed by atoms with Crippen LogP contribution in [0.4, 0.5) is 5.69 Å². The molecule has 8 nitrogen and oxygen atoms in total. The summed E-state index contributed by atoms with van der Waals surface area (Å²) in [5, 5.41) is 2.63. The van der Waals surface area contributed by atoms with Crippen molar-refractivity contribution in [2.75, 3.05) is 25.0 Å². The minimum absolute atomic E-state index is 0.0800. The van der Waals surface area contributed by atoms with Crippen LogP contribution in [-0.2, 0) is 32.6 Å². The number of hydrogen-bond acceptors (Lipinski definition) is 5. The first-order valence-electron chi connectivity index (χ1n) is 12.6. The molecule has 38 heavy (non-hydrogen) atoms. The van der Waals surface area contributed by atoms with E-state index in [1.54, 1.807) is 55.6 Å². The van der Waals surface area contributed by atoms with Crippen LogP contribution in [0.25, 0.3) is 0 Å². The Bertz CT molecular complexity index is 1350. The number of nitrogens with zero attached hydrogens (tertiary/aromatic N) is 2. The molecule has 202 valence electrons. The zero-order valence-corrected chi connectivity index (χ0v) is 23.1. The first-order chi connectivity index (χ1) is 18.3. The Balaban J connectivity index is 2.09. The van der Waals surface area contributed by atoms with Crippen molar-refractivity contribution >= 4 is 27.5 Å². The van der Waals surface area contributed by atoms with E-state index in [0.717, 1.165) is 15.4 Å². The van der Waals surface area contributed by atoms with Crippen molar-refractivity contribution < 1.29 is 22.7 Å². The van der Waals surface area contributed by atoms with Gasteiger partial charge in [-0.2, -0.15) is 0 Å². The summed E-state index contributed by atoms with van der Waals surface area (Å²) in [4.78, 5) is 28.3. The van der Waals surface area contributed by atoms with Gasteiger partial charge < -0.3 is 15.0 Å². The van der Waals surface area contributed by atoms with Crippen LogP contribution in [-0.4, -0.2) is 51.9 Å². The number of methoxy groups -OCH3 is 1. The summed E-state index contributed by atoms with van der Waals surface area (Å²) in [6, 6.07) is 21.6. The Hall–Kier alpha value is -3.85. The number of amides is 2. The molecule has 3 aromatic carbocycles. The van der Waals surface area contributed by atoms with Gasteiger partial charge in [0.15, 0.2) is 0 Å². The normalized spacial score (nSPS) is 11.9. The summed E-state index contributed by atoms with van der Waals surface area (Å²) in [5.41, 5.74) is 1.98. The second-order valence-corrected chi connectivity index (χ2v) is 10.6. The maximum absolute atomic E-state index is 14.0. The number of benzene rings is 3. The van der Waals surface area contributed by atoms with E-state index in [9.17, 15) is 18.0 Å². The van der Waals surface area contributed by atoms with Crippen molar-refractivity contribution in [3.05, 3.63) is 90.0 Å². The summed E-state index contributed by atoms with van der Waals surface area (Å²) in [6.45, 7) is 3.39. The fraction of sp³-hybridized carbons (Fsp3) is 0.310. The average molecular weight is 538 g/mol. The lowest BCUT2D eigenvalue weighted by Gasteiger charge is -2.33. The molecule has 0 aliphatic carbocycles. The highest BCUT2D eigenvalue weighted by Gasteiger charge is 2.34. The number of nitrogens with one attached hydrogen (secondary N) is 1. The van der Waals surface area contributed by atoms with Gasteiger partial charge >= 0.3 is 0 Å². The van der Waals surface area contributed by atoms with Crippen LogP contribution in [0.15, 0.2) is 83.8 Å². The van der Waals surface area contributed by atoms with Crippen molar-refractivity contribution in [1.29, 1.82) is 0 Å². The molecule has 0 radical (unpaired) electrons. The number of anilines is 1. The van der Waals surface area contributed by atoms with E-state index in [-0.39, 0.29) is 17.3 Å². The molecule has 0 aromatic heterocycles. The summed E-state index contributed by atoms with van der Waals surface area (Å²) in [7, 11) is -1.02. The molecule has 9 heteroatoms. The van der Waals surface area contributed by atoms with Gasteiger partial charge in [-0.25, -0.2) is 8.42 Å². The van der Waals surface area contributed by atoms with Crippen molar-refractivity contribution in [1.82, 2.24) is 10.2 Å². The zero-order chi connectivity index (χ0) is 27.7. The summed E-state index contributed by atoms with van der Waals surface area (Å²) in [6.07, 6.45) is 0.931. The van der Waals surface area contributed by atoms with Crippen LogP contribution in [0, 0.1) is 0 Å². The van der Waals surface area contributed by atoms with Gasteiger partial charge in [-0.3, -0.25) is 13.9 Å². The Morgan fingerprint density at radius 3 is 2.26 bits per heavy atom.